The first kappa shape index (κ1) is 22.4. The van der Waals surface area contributed by atoms with Crippen LogP contribution in [0.5, 0.6) is 0 Å². The average molecular weight is 456 g/mol. The van der Waals surface area contributed by atoms with E-state index in [1.165, 1.54) is 53.7 Å². The number of benzene rings is 2. The van der Waals surface area contributed by atoms with Crippen LogP contribution in [0.15, 0.2) is 36.4 Å². The summed E-state index contributed by atoms with van der Waals surface area (Å²) in [6, 6.07) is 15.0. The summed E-state index contributed by atoms with van der Waals surface area (Å²) in [7, 11) is 0. The lowest BCUT2D eigenvalue weighted by atomic mass is 9.52. The zero-order valence-electron chi connectivity index (χ0n) is 22.7. The summed E-state index contributed by atoms with van der Waals surface area (Å²) >= 11 is 0. The molecular formula is C32H43N2+. The van der Waals surface area contributed by atoms with Gasteiger partial charge in [-0.05, 0) is 105 Å². The van der Waals surface area contributed by atoms with Crippen molar-refractivity contribution in [2.75, 3.05) is 0 Å². The Morgan fingerprint density at radius 3 is 1.97 bits per heavy atom. The number of imidazole rings is 1. The highest BCUT2D eigenvalue weighted by Crippen LogP contribution is 2.59. The third-order valence-corrected chi connectivity index (χ3v) is 11.2. The third kappa shape index (κ3) is 2.41. The second-order valence-electron chi connectivity index (χ2n) is 13.0. The smallest absolute Gasteiger partial charge is 0.221 e. The number of hydrogen-bond donors (Lipinski definition) is 0. The van der Waals surface area contributed by atoms with Crippen LogP contribution in [0.2, 0.25) is 0 Å². The van der Waals surface area contributed by atoms with Gasteiger partial charge in [0.15, 0.2) is 11.0 Å². The molecule has 1 saturated carbocycles. The van der Waals surface area contributed by atoms with Crippen molar-refractivity contribution >= 4 is 11.0 Å². The Kier molecular flexibility index (Phi) is 4.46. The zero-order chi connectivity index (χ0) is 24.3. The van der Waals surface area contributed by atoms with E-state index in [9.17, 15) is 0 Å². The van der Waals surface area contributed by atoms with Crippen LogP contribution >= 0.6 is 0 Å². The minimum Gasteiger partial charge on any atom is -0.221 e. The minimum absolute atomic E-state index is 0.0105. The maximum atomic E-state index is 2.79. The van der Waals surface area contributed by atoms with Crippen molar-refractivity contribution in [3.63, 3.8) is 0 Å². The SMILES string of the molecule is CCC1(C)c2ccccc2-c2n(c3cc4c(cc3[n+]2C(C)C)C2(C)CCC4(C)CC2)C1(C)CC. The molecule has 2 atom stereocenters. The Bertz CT molecular complexity index is 1320. The Morgan fingerprint density at radius 1 is 0.824 bits per heavy atom. The molecule has 0 spiro atoms. The van der Waals surface area contributed by atoms with Gasteiger partial charge in [-0.25, -0.2) is 9.13 Å². The molecule has 3 aromatic rings. The lowest BCUT2D eigenvalue weighted by Crippen LogP contribution is -2.53. The van der Waals surface area contributed by atoms with Gasteiger partial charge in [0.1, 0.15) is 5.54 Å². The largest absolute Gasteiger partial charge is 0.290 e. The van der Waals surface area contributed by atoms with Crippen LogP contribution in [0.1, 0.15) is 117 Å². The van der Waals surface area contributed by atoms with Crippen molar-refractivity contribution in [2.24, 2.45) is 0 Å². The van der Waals surface area contributed by atoms with Crippen molar-refractivity contribution in [3.8, 4) is 11.4 Å². The minimum atomic E-state index is 0.0105. The fourth-order valence-corrected chi connectivity index (χ4v) is 8.26. The average Bonchev–Trinajstić information content (AvgIpc) is 3.18. The summed E-state index contributed by atoms with van der Waals surface area (Å²) in [6.07, 6.45) is 7.59. The van der Waals surface area contributed by atoms with E-state index in [0.29, 0.717) is 16.9 Å². The number of fused-ring (bicyclic) bond motifs is 7. The Labute approximate surface area is 206 Å². The molecule has 2 unspecified atom stereocenters. The van der Waals surface area contributed by atoms with Crippen LogP contribution in [0.3, 0.4) is 0 Å². The summed E-state index contributed by atoms with van der Waals surface area (Å²) in [5.74, 6) is 1.42. The first-order valence-electron chi connectivity index (χ1n) is 13.8. The molecule has 2 bridgehead atoms. The summed E-state index contributed by atoms with van der Waals surface area (Å²) in [6.45, 7) is 19.7. The molecule has 1 aliphatic heterocycles. The number of nitrogens with zero attached hydrogens (tertiary/aromatic N) is 2. The highest BCUT2D eigenvalue weighted by atomic mass is 15.2. The van der Waals surface area contributed by atoms with Crippen molar-refractivity contribution in [1.29, 1.82) is 0 Å². The quantitative estimate of drug-likeness (QED) is 0.353. The first-order chi connectivity index (χ1) is 16.0. The van der Waals surface area contributed by atoms with E-state index in [1.54, 1.807) is 11.1 Å². The zero-order valence-corrected chi connectivity index (χ0v) is 22.7. The molecule has 2 heteroatoms. The van der Waals surface area contributed by atoms with Gasteiger partial charge in [0.05, 0.1) is 11.6 Å². The second kappa shape index (κ2) is 6.77. The molecule has 1 aromatic heterocycles. The number of aromatic nitrogens is 2. The summed E-state index contributed by atoms with van der Waals surface area (Å²) in [5, 5.41) is 0. The Morgan fingerprint density at radius 2 is 1.41 bits per heavy atom. The predicted octanol–water partition coefficient (Wildman–Crippen LogP) is 8.09. The molecule has 34 heavy (non-hydrogen) atoms. The second-order valence-corrected chi connectivity index (χ2v) is 13.0. The number of rotatable bonds is 3. The molecule has 3 aliphatic carbocycles. The predicted molar refractivity (Wildman–Crippen MR) is 143 cm³/mol. The maximum Gasteiger partial charge on any atom is 0.290 e. The molecule has 2 heterocycles. The van der Waals surface area contributed by atoms with E-state index in [2.05, 4.69) is 101 Å². The molecule has 180 valence electrons. The van der Waals surface area contributed by atoms with Gasteiger partial charge in [0.2, 0.25) is 0 Å². The van der Waals surface area contributed by atoms with E-state index >= 15 is 0 Å². The fraction of sp³-hybridized carbons (Fsp3) is 0.594. The Balaban J connectivity index is 1.82. The topological polar surface area (TPSA) is 8.81 Å². The molecule has 0 saturated heterocycles. The van der Waals surface area contributed by atoms with Crippen molar-refractivity contribution in [2.45, 2.75) is 122 Å². The van der Waals surface area contributed by atoms with Gasteiger partial charge in [-0.2, -0.15) is 0 Å². The maximum absolute atomic E-state index is 2.79. The van der Waals surface area contributed by atoms with Gasteiger partial charge in [0.25, 0.3) is 5.82 Å². The molecule has 0 amide bonds. The standard InChI is InChI=1S/C32H43N2/c1-9-31(7)23-14-12-11-13-22(23)28-33(21(3)4)26-19-24-25(20-27(26)34(28)32(31,8)10-2)30(6)17-15-29(24,5)16-18-30/h11-14,19-21H,9-10,15-18H2,1-8H3/q+1. The van der Waals surface area contributed by atoms with Gasteiger partial charge < -0.3 is 0 Å². The monoisotopic (exact) mass is 455 g/mol. The summed E-state index contributed by atoms with van der Waals surface area (Å²) in [5.41, 5.74) is 9.90. The van der Waals surface area contributed by atoms with Gasteiger partial charge in [-0.15, -0.1) is 0 Å². The van der Waals surface area contributed by atoms with Gasteiger partial charge in [0, 0.05) is 5.41 Å². The van der Waals surface area contributed by atoms with Crippen molar-refractivity contribution in [3.05, 3.63) is 53.1 Å². The van der Waals surface area contributed by atoms with Gasteiger partial charge in [-0.1, -0.05) is 52.8 Å². The third-order valence-electron chi connectivity index (χ3n) is 11.2. The van der Waals surface area contributed by atoms with Crippen LogP contribution < -0.4 is 4.57 Å². The summed E-state index contributed by atoms with van der Waals surface area (Å²) in [4.78, 5) is 0. The molecule has 1 fully saturated rings. The van der Waals surface area contributed by atoms with Crippen LogP contribution in [-0.2, 0) is 21.8 Å². The van der Waals surface area contributed by atoms with Crippen LogP contribution in [-0.4, -0.2) is 4.57 Å². The molecule has 4 aliphatic rings. The van der Waals surface area contributed by atoms with E-state index < -0.39 is 0 Å². The normalized spacial score (nSPS) is 33.8. The van der Waals surface area contributed by atoms with E-state index in [0.717, 1.165) is 12.8 Å². The molecule has 0 N–H and O–H groups in total. The highest BCUT2D eigenvalue weighted by molar-refractivity contribution is 5.82. The van der Waals surface area contributed by atoms with Crippen molar-refractivity contribution < 1.29 is 4.57 Å². The molecule has 0 radical (unpaired) electrons. The van der Waals surface area contributed by atoms with Crippen LogP contribution in [0.25, 0.3) is 22.4 Å². The molecule has 2 nitrogen and oxygen atoms in total. The van der Waals surface area contributed by atoms with Crippen LogP contribution in [0.4, 0.5) is 0 Å². The highest BCUT2D eigenvalue weighted by Gasteiger charge is 2.57. The van der Waals surface area contributed by atoms with E-state index in [-0.39, 0.29) is 11.0 Å². The fourth-order valence-electron chi connectivity index (χ4n) is 8.26. The van der Waals surface area contributed by atoms with Crippen LogP contribution in [0, 0.1) is 0 Å². The molecular weight excluding hydrogens is 412 g/mol. The molecule has 7 rings (SSSR count). The van der Waals surface area contributed by atoms with Gasteiger partial charge in [-0.3, -0.25) is 0 Å². The van der Waals surface area contributed by atoms with Gasteiger partial charge >= 0.3 is 0 Å². The molecule has 2 aromatic carbocycles. The van der Waals surface area contributed by atoms with E-state index in [4.69, 9.17) is 0 Å². The Hall–Kier alpha value is -2.09. The lowest BCUT2D eigenvalue weighted by Gasteiger charge is -2.52. The lowest BCUT2D eigenvalue weighted by molar-refractivity contribution is -0.681. The number of hydrogen-bond acceptors (Lipinski definition) is 0. The summed E-state index contributed by atoms with van der Waals surface area (Å²) < 4.78 is 5.47. The van der Waals surface area contributed by atoms with Crippen molar-refractivity contribution in [1.82, 2.24) is 4.57 Å². The van der Waals surface area contributed by atoms with E-state index in [1.807, 2.05) is 0 Å². The first-order valence-corrected chi connectivity index (χ1v) is 13.8.